The second-order valence-electron chi connectivity index (χ2n) is 8.22. The minimum Gasteiger partial charge on any atom is -0.344 e. The number of pyridine rings is 1. The molecule has 1 aromatic carbocycles. The van der Waals surface area contributed by atoms with Gasteiger partial charge >= 0.3 is 0 Å². The average molecular weight is 443 g/mol. The number of para-hydroxylation sites is 1. The number of rotatable bonds is 5. The van der Waals surface area contributed by atoms with Crippen molar-refractivity contribution in [1.82, 2.24) is 29.5 Å². The first-order valence-corrected chi connectivity index (χ1v) is 11.1. The lowest BCUT2D eigenvalue weighted by atomic mass is 10.1. The molecule has 1 atom stereocenters. The Hall–Kier alpha value is -3.90. The molecule has 1 amide bonds. The van der Waals surface area contributed by atoms with Crippen molar-refractivity contribution in [3.05, 3.63) is 54.1 Å². The third-order valence-corrected chi connectivity index (χ3v) is 5.91. The van der Waals surface area contributed by atoms with Gasteiger partial charge in [0.05, 0.1) is 24.3 Å². The number of imidazole rings is 1. The van der Waals surface area contributed by atoms with Crippen LogP contribution in [0.1, 0.15) is 36.1 Å². The van der Waals surface area contributed by atoms with Crippen LogP contribution in [0.4, 0.5) is 5.95 Å². The van der Waals surface area contributed by atoms with Crippen LogP contribution in [0, 0.1) is 11.8 Å². The molecule has 1 fully saturated rings. The fourth-order valence-electron chi connectivity index (χ4n) is 4.29. The smallest absolute Gasteiger partial charge is 0.289 e. The van der Waals surface area contributed by atoms with Crippen LogP contribution in [0.5, 0.6) is 0 Å². The van der Waals surface area contributed by atoms with Gasteiger partial charge in [0.1, 0.15) is 5.65 Å². The van der Waals surface area contributed by atoms with Crippen LogP contribution < -0.4 is 16.0 Å². The molecule has 9 nitrogen and oxygen atoms in total. The quantitative estimate of drug-likeness (QED) is 0.458. The normalized spacial score (nSPS) is 16.1. The highest BCUT2D eigenvalue weighted by Gasteiger charge is 2.25. The number of nitrogens with zero attached hydrogens (tertiary/aromatic N) is 6. The zero-order valence-corrected chi connectivity index (χ0v) is 18.5. The number of carbonyl (C=O) groups is 1. The Morgan fingerprint density at radius 3 is 2.97 bits per heavy atom. The molecule has 5 rings (SSSR count). The second kappa shape index (κ2) is 8.92. The molecule has 1 saturated heterocycles. The van der Waals surface area contributed by atoms with Gasteiger partial charge in [-0.15, -0.1) is 16.1 Å². The third kappa shape index (κ3) is 4.13. The van der Waals surface area contributed by atoms with Crippen LogP contribution in [0.25, 0.3) is 16.6 Å². The number of anilines is 1. The molecule has 0 radical (unpaired) electrons. The molecule has 3 aromatic heterocycles. The Balaban J connectivity index is 1.37. The van der Waals surface area contributed by atoms with Crippen LogP contribution in [0.2, 0.25) is 0 Å². The maximum Gasteiger partial charge on any atom is 0.289 e. The Kier molecular flexibility index (Phi) is 5.67. The third-order valence-electron chi connectivity index (χ3n) is 5.91. The summed E-state index contributed by atoms with van der Waals surface area (Å²) in [5, 5.41) is 12.6. The molecule has 9 heteroatoms. The first kappa shape index (κ1) is 21.0. The summed E-state index contributed by atoms with van der Waals surface area (Å²) in [5.41, 5.74) is 8.82. The van der Waals surface area contributed by atoms with Gasteiger partial charge < -0.3 is 16.0 Å². The highest BCUT2D eigenvalue weighted by Crippen LogP contribution is 2.20. The van der Waals surface area contributed by atoms with E-state index in [0.29, 0.717) is 19.0 Å². The minimum atomic E-state index is -0.310. The molecule has 0 saturated carbocycles. The van der Waals surface area contributed by atoms with Crippen LogP contribution in [0.3, 0.4) is 0 Å². The van der Waals surface area contributed by atoms with Gasteiger partial charge in [-0.2, -0.15) is 0 Å². The predicted octanol–water partition coefficient (Wildman–Crippen LogP) is 1.96. The van der Waals surface area contributed by atoms with Crippen molar-refractivity contribution in [1.29, 1.82) is 0 Å². The van der Waals surface area contributed by atoms with Crippen molar-refractivity contribution < 1.29 is 4.79 Å². The largest absolute Gasteiger partial charge is 0.344 e. The number of nitrogens with two attached hydrogens (primary N) is 1. The van der Waals surface area contributed by atoms with Gasteiger partial charge in [-0.05, 0) is 43.4 Å². The van der Waals surface area contributed by atoms with E-state index in [1.165, 1.54) is 0 Å². The Morgan fingerprint density at radius 1 is 1.24 bits per heavy atom. The number of hydrogen-bond acceptors (Lipinski definition) is 6. The molecule has 0 aliphatic carbocycles. The van der Waals surface area contributed by atoms with Gasteiger partial charge in [0.15, 0.2) is 0 Å². The zero-order valence-electron chi connectivity index (χ0n) is 18.5. The number of hydrogen-bond donors (Lipinski definition) is 2. The molecule has 168 valence electrons. The van der Waals surface area contributed by atoms with E-state index < -0.39 is 0 Å². The van der Waals surface area contributed by atoms with E-state index in [-0.39, 0.29) is 24.3 Å². The molecule has 3 N–H and O–H groups in total. The first-order chi connectivity index (χ1) is 16.1. The number of carbonyl (C=O) groups excluding carboxylic acids is 1. The van der Waals surface area contributed by atoms with Crippen LogP contribution in [-0.4, -0.2) is 49.2 Å². The molecule has 1 aliphatic rings. The summed E-state index contributed by atoms with van der Waals surface area (Å²) in [4.78, 5) is 19.8. The lowest BCUT2D eigenvalue weighted by molar-refractivity contribution is 0.0936. The number of nitrogens with one attached hydrogen (secondary N) is 1. The number of benzene rings is 1. The van der Waals surface area contributed by atoms with Crippen molar-refractivity contribution in [3.8, 4) is 11.8 Å². The van der Waals surface area contributed by atoms with Gasteiger partial charge in [-0.1, -0.05) is 24.1 Å². The molecule has 1 aliphatic heterocycles. The SMILES string of the molecule is CC#CCn1c(C(=O)NCc2cn3c(ccc4ccccc43)n2)nnc1N1CCCC(N)C1. The van der Waals surface area contributed by atoms with Gasteiger partial charge in [0.25, 0.3) is 5.91 Å². The lowest BCUT2D eigenvalue weighted by Crippen LogP contribution is -2.44. The van der Waals surface area contributed by atoms with Crippen molar-refractivity contribution in [2.24, 2.45) is 5.73 Å². The van der Waals surface area contributed by atoms with Gasteiger partial charge in [-0.25, -0.2) is 4.98 Å². The van der Waals surface area contributed by atoms with Crippen LogP contribution in [-0.2, 0) is 13.1 Å². The van der Waals surface area contributed by atoms with Gasteiger partial charge in [0, 0.05) is 25.3 Å². The van der Waals surface area contributed by atoms with Crippen molar-refractivity contribution in [2.75, 3.05) is 18.0 Å². The summed E-state index contributed by atoms with van der Waals surface area (Å²) in [7, 11) is 0. The molecule has 4 aromatic rings. The van der Waals surface area contributed by atoms with E-state index in [0.717, 1.165) is 41.6 Å². The van der Waals surface area contributed by atoms with Crippen molar-refractivity contribution >= 4 is 28.4 Å². The summed E-state index contributed by atoms with van der Waals surface area (Å²) in [6.07, 6.45) is 3.92. The molecule has 1 unspecified atom stereocenters. The molecule has 0 bridgehead atoms. The monoisotopic (exact) mass is 442 g/mol. The molecule has 33 heavy (non-hydrogen) atoms. The number of piperidine rings is 1. The Morgan fingerprint density at radius 2 is 2.12 bits per heavy atom. The number of amides is 1. The highest BCUT2D eigenvalue weighted by molar-refractivity contribution is 5.91. The molecular weight excluding hydrogens is 416 g/mol. The molecule has 4 heterocycles. The predicted molar refractivity (Wildman–Crippen MR) is 127 cm³/mol. The minimum absolute atomic E-state index is 0.0876. The van der Waals surface area contributed by atoms with Gasteiger partial charge in [0.2, 0.25) is 11.8 Å². The van der Waals surface area contributed by atoms with Crippen molar-refractivity contribution in [3.63, 3.8) is 0 Å². The molecule has 0 spiro atoms. The van der Waals surface area contributed by atoms with E-state index in [1.54, 1.807) is 11.5 Å². The van der Waals surface area contributed by atoms with Crippen LogP contribution in [0.15, 0.2) is 42.6 Å². The summed E-state index contributed by atoms with van der Waals surface area (Å²) >= 11 is 0. The Bertz CT molecular complexity index is 1380. The van der Waals surface area contributed by atoms with Crippen molar-refractivity contribution in [2.45, 2.75) is 38.9 Å². The fourth-order valence-corrected chi connectivity index (χ4v) is 4.29. The van der Waals surface area contributed by atoms with E-state index >= 15 is 0 Å². The first-order valence-electron chi connectivity index (χ1n) is 11.1. The standard InChI is InChI=1S/C24H26N8O/c1-2-3-13-31-22(28-29-24(31)30-12-6-8-18(25)15-30)23(33)26-14-19-16-32-20-9-5-4-7-17(20)10-11-21(32)27-19/h4-5,7,9-11,16,18H,6,8,12-15,25H2,1H3,(H,26,33). The summed E-state index contributed by atoms with van der Waals surface area (Å²) in [6, 6.07) is 12.2. The summed E-state index contributed by atoms with van der Waals surface area (Å²) in [6.45, 7) is 3.92. The summed E-state index contributed by atoms with van der Waals surface area (Å²) in [5.74, 6) is 6.47. The van der Waals surface area contributed by atoms with E-state index in [9.17, 15) is 4.79 Å². The Labute approximate surface area is 191 Å². The fraction of sp³-hybridized carbons (Fsp3) is 0.333. The van der Waals surface area contributed by atoms with Gasteiger partial charge in [-0.3, -0.25) is 13.8 Å². The van der Waals surface area contributed by atoms with Crippen LogP contribution >= 0.6 is 0 Å². The zero-order chi connectivity index (χ0) is 22.8. The number of aromatic nitrogens is 5. The topological polar surface area (TPSA) is 106 Å². The number of fused-ring (bicyclic) bond motifs is 3. The van der Waals surface area contributed by atoms with E-state index in [1.807, 2.05) is 34.9 Å². The maximum atomic E-state index is 13.0. The average Bonchev–Trinajstić information content (AvgIpc) is 3.45. The molecular formula is C24H26N8O. The van der Waals surface area contributed by atoms with E-state index in [4.69, 9.17) is 5.73 Å². The second-order valence-corrected chi connectivity index (χ2v) is 8.22. The lowest BCUT2D eigenvalue weighted by Gasteiger charge is -2.31. The van der Waals surface area contributed by atoms with E-state index in [2.05, 4.69) is 49.4 Å². The summed E-state index contributed by atoms with van der Waals surface area (Å²) < 4.78 is 3.80. The highest BCUT2D eigenvalue weighted by atomic mass is 16.2. The maximum absolute atomic E-state index is 13.0.